The first-order valence-electron chi connectivity index (χ1n) is 9.70. The molecule has 138 valence electrons. The maximum absolute atomic E-state index is 5.58. The summed E-state index contributed by atoms with van der Waals surface area (Å²) >= 11 is 0. The van der Waals surface area contributed by atoms with E-state index in [0.717, 1.165) is 69.9 Å². The predicted octanol–water partition coefficient (Wildman–Crippen LogP) is 2.48. The first-order chi connectivity index (χ1) is 12.8. The Morgan fingerprint density at radius 3 is 2.77 bits per heavy atom. The number of fused-ring (bicyclic) bond motifs is 1. The van der Waals surface area contributed by atoms with Gasteiger partial charge in [-0.25, -0.2) is 0 Å². The Kier molecular flexibility index (Phi) is 5.29. The molecular weight excluding hydrogens is 326 g/mol. The van der Waals surface area contributed by atoms with Gasteiger partial charge in [-0.3, -0.25) is 4.90 Å². The molecule has 4 rings (SSSR count). The van der Waals surface area contributed by atoms with Gasteiger partial charge in [0.25, 0.3) is 0 Å². The molecule has 1 unspecified atom stereocenters. The summed E-state index contributed by atoms with van der Waals surface area (Å²) < 4.78 is 2.33. The molecule has 2 aliphatic heterocycles. The molecule has 1 atom stereocenters. The van der Waals surface area contributed by atoms with E-state index in [1.807, 2.05) is 0 Å². The molecule has 0 bridgehead atoms. The van der Waals surface area contributed by atoms with Crippen LogP contribution in [0.4, 0.5) is 0 Å². The molecule has 6 nitrogen and oxygen atoms in total. The summed E-state index contributed by atoms with van der Waals surface area (Å²) in [5.41, 5.74) is 2.54. The molecule has 26 heavy (non-hydrogen) atoms. The standard InChI is InChI=1S/C20H27N5O/c1-2-17-14-18(26-23-17)15-24-11-10-20-22-21-19(25(20)13-12-24)9-8-16-6-4-3-5-7-16/h3-7,18H,2,8-15H2,1H3. The van der Waals surface area contributed by atoms with E-state index in [9.17, 15) is 0 Å². The Hall–Kier alpha value is -2.21. The Labute approximate surface area is 154 Å². The van der Waals surface area contributed by atoms with Crippen molar-refractivity contribution in [2.75, 3.05) is 19.6 Å². The number of rotatable bonds is 6. The lowest BCUT2D eigenvalue weighted by Gasteiger charge is -2.22. The third-order valence-electron chi connectivity index (χ3n) is 5.34. The molecule has 0 radical (unpaired) electrons. The summed E-state index contributed by atoms with van der Waals surface area (Å²) in [7, 11) is 0. The lowest BCUT2D eigenvalue weighted by molar-refractivity contribution is 0.0530. The molecule has 3 heterocycles. The third-order valence-corrected chi connectivity index (χ3v) is 5.34. The average Bonchev–Trinajstić information content (AvgIpc) is 3.24. The summed E-state index contributed by atoms with van der Waals surface area (Å²) in [6.45, 7) is 6.08. The smallest absolute Gasteiger partial charge is 0.145 e. The maximum atomic E-state index is 5.58. The fraction of sp³-hybridized carbons (Fsp3) is 0.550. The number of benzene rings is 1. The summed E-state index contributed by atoms with van der Waals surface area (Å²) in [6.07, 6.45) is 5.08. The molecule has 0 spiro atoms. The van der Waals surface area contributed by atoms with Crippen molar-refractivity contribution in [1.29, 1.82) is 0 Å². The number of aromatic nitrogens is 3. The van der Waals surface area contributed by atoms with Crippen molar-refractivity contribution < 1.29 is 4.84 Å². The van der Waals surface area contributed by atoms with Gasteiger partial charge in [-0.1, -0.05) is 42.4 Å². The van der Waals surface area contributed by atoms with E-state index in [2.05, 4.69) is 62.1 Å². The lowest BCUT2D eigenvalue weighted by atomic mass is 10.1. The van der Waals surface area contributed by atoms with Gasteiger partial charge in [0.1, 0.15) is 17.8 Å². The largest absolute Gasteiger partial charge is 0.391 e. The summed E-state index contributed by atoms with van der Waals surface area (Å²) in [5.74, 6) is 2.23. The minimum Gasteiger partial charge on any atom is -0.391 e. The summed E-state index contributed by atoms with van der Waals surface area (Å²) in [5, 5.41) is 13.1. The zero-order chi connectivity index (χ0) is 17.8. The molecular formula is C20H27N5O. The van der Waals surface area contributed by atoms with E-state index in [0.29, 0.717) is 0 Å². The van der Waals surface area contributed by atoms with Crippen molar-refractivity contribution >= 4 is 5.71 Å². The molecule has 0 aliphatic carbocycles. The molecule has 0 saturated heterocycles. The van der Waals surface area contributed by atoms with Crippen molar-refractivity contribution in [3.05, 3.63) is 47.5 Å². The van der Waals surface area contributed by atoms with Crippen LogP contribution in [0.3, 0.4) is 0 Å². The van der Waals surface area contributed by atoms with Crippen LogP contribution in [0.2, 0.25) is 0 Å². The van der Waals surface area contributed by atoms with Gasteiger partial charge in [-0.2, -0.15) is 0 Å². The van der Waals surface area contributed by atoms with Crippen LogP contribution in [-0.2, 0) is 30.6 Å². The van der Waals surface area contributed by atoms with Gasteiger partial charge in [-0.05, 0) is 18.4 Å². The van der Waals surface area contributed by atoms with E-state index >= 15 is 0 Å². The second kappa shape index (κ2) is 7.99. The highest BCUT2D eigenvalue weighted by molar-refractivity contribution is 5.85. The van der Waals surface area contributed by atoms with Crippen LogP contribution in [0.25, 0.3) is 0 Å². The number of hydrogen-bond donors (Lipinski definition) is 0. The molecule has 0 saturated carbocycles. The second-order valence-corrected chi connectivity index (χ2v) is 7.16. The van der Waals surface area contributed by atoms with E-state index < -0.39 is 0 Å². The van der Waals surface area contributed by atoms with Crippen LogP contribution in [0.1, 0.15) is 37.0 Å². The molecule has 0 N–H and O–H groups in total. The van der Waals surface area contributed by atoms with E-state index in [4.69, 9.17) is 4.84 Å². The van der Waals surface area contributed by atoms with Gasteiger partial charge in [0, 0.05) is 45.4 Å². The highest BCUT2D eigenvalue weighted by Crippen LogP contribution is 2.17. The highest BCUT2D eigenvalue weighted by atomic mass is 16.6. The Morgan fingerprint density at radius 2 is 1.96 bits per heavy atom. The van der Waals surface area contributed by atoms with Crippen molar-refractivity contribution in [1.82, 2.24) is 19.7 Å². The van der Waals surface area contributed by atoms with Crippen LogP contribution in [0.15, 0.2) is 35.5 Å². The number of oxime groups is 1. The number of hydrogen-bond acceptors (Lipinski definition) is 5. The average molecular weight is 353 g/mol. The second-order valence-electron chi connectivity index (χ2n) is 7.16. The first kappa shape index (κ1) is 17.2. The van der Waals surface area contributed by atoms with Crippen molar-refractivity contribution in [2.45, 2.75) is 51.7 Å². The van der Waals surface area contributed by atoms with E-state index in [1.54, 1.807) is 0 Å². The highest BCUT2D eigenvalue weighted by Gasteiger charge is 2.25. The minimum atomic E-state index is 0.214. The monoisotopic (exact) mass is 353 g/mol. The summed E-state index contributed by atoms with van der Waals surface area (Å²) in [6, 6.07) is 10.6. The van der Waals surface area contributed by atoms with Gasteiger partial charge in [-0.15, -0.1) is 10.2 Å². The first-order valence-corrected chi connectivity index (χ1v) is 9.70. The quantitative estimate of drug-likeness (QED) is 0.801. The fourth-order valence-electron chi connectivity index (χ4n) is 3.78. The Balaban J connectivity index is 1.33. The van der Waals surface area contributed by atoms with Crippen molar-refractivity contribution in [3.8, 4) is 0 Å². The van der Waals surface area contributed by atoms with Crippen LogP contribution in [-0.4, -0.2) is 51.1 Å². The van der Waals surface area contributed by atoms with Gasteiger partial charge in [0.05, 0.1) is 5.71 Å². The van der Waals surface area contributed by atoms with Crippen LogP contribution in [0, 0.1) is 0 Å². The van der Waals surface area contributed by atoms with Crippen molar-refractivity contribution in [3.63, 3.8) is 0 Å². The maximum Gasteiger partial charge on any atom is 0.145 e. The Morgan fingerprint density at radius 1 is 1.08 bits per heavy atom. The van der Waals surface area contributed by atoms with Gasteiger partial charge < -0.3 is 9.40 Å². The molecule has 2 aliphatic rings. The van der Waals surface area contributed by atoms with Crippen LogP contribution < -0.4 is 0 Å². The molecule has 0 fully saturated rings. The van der Waals surface area contributed by atoms with Gasteiger partial charge >= 0.3 is 0 Å². The minimum absolute atomic E-state index is 0.214. The van der Waals surface area contributed by atoms with E-state index in [-0.39, 0.29) is 6.10 Å². The van der Waals surface area contributed by atoms with Crippen molar-refractivity contribution in [2.24, 2.45) is 5.16 Å². The zero-order valence-corrected chi connectivity index (χ0v) is 15.5. The normalized spacial score (nSPS) is 20.3. The zero-order valence-electron chi connectivity index (χ0n) is 15.5. The van der Waals surface area contributed by atoms with Gasteiger partial charge in [0.2, 0.25) is 0 Å². The number of nitrogens with zero attached hydrogens (tertiary/aromatic N) is 5. The topological polar surface area (TPSA) is 55.5 Å². The fourth-order valence-corrected chi connectivity index (χ4v) is 3.78. The Bertz CT molecular complexity index is 755. The lowest BCUT2D eigenvalue weighted by Crippen LogP contribution is -2.35. The van der Waals surface area contributed by atoms with Crippen LogP contribution >= 0.6 is 0 Å². The van der Waals surface area contributed by atoms with Gasteiger partial charge in [0.15, 0.2) is 0 Å². The SMILES string of the molecule is CCC1=NOC(CN2CCc3nnc(CCc4ccccc4)n3CC2)C1. The molecule has 6 heteroatoms. The molecule has 1 aromatic carbocycles. The third kappa shape index (κ3) is 3.96. The molecule has 1 aromatic heterocycles. The molecule has 2 aromatic rings. The van der Waals surface area contributed by atoms with Crippen LogP contribution in [0.5, 0.6) is 0 Å². The predicted molar refractivity (Wildman–Crippen MR) is 101 cm³/mol. The molecule has 0 amide bonds. The summed E-state index contributed by atoms with van der Waals surface area (Å²) in [4.78, 5) is 8.06. The van der Waals surface area contributed by atoms with E-state index in [1.165, 1.54) is 11.3 Å². The number of aryl methyl sites for hydroxylation is 2.